The maximum Gasteiger partial charge on any atom is 0.405 e. The van der Waals surface area contributed by atoms with Crippen LogP contribution in [0, 0.1) is 0 Å². The Morgan fingerprint density at radius 1 is 1.40 bits per heavy atom. The Morgan fingerprint density at radius 2 is 2.08 bits per heavy atom. The minimum absolute atomic E-state index is 0.0394. The highest BCUT2D eigenvalue weighted by molar-refractivity contribution is 8.00. The first-order valence-corrected chi connectivity index (χ1v) is 8.66. The molecule has 0 bridgehead atoms. The Hall–Kier alpha value is -2.03. The number of fused-ring (bicyclic) bond motifs is 1. The summed E-state index contributed by atoms with van der Waals surface area (Å²) in [6.07, 6.45) is -2.76. The number of benzene rings is 1. The fourth-order valence-electron chi connectivity index (χ4n) is 2.41. The number of thioether (sulfide) groups is 1. The summed E-state index contributed by atoms with van der Waals surface area (Å²) in [6.45, 7) is 0.117. The molecule has 25 heavy (non-hydrogen) atoms. The Morgan fingerprint density at radius 3 is 2.72 bits per heavy atom. The monoisotopic (exact) mass is 371 g/mol. The average Bonchev–Trinajstić information content (AvgIpc) is 3.36. The molecule has 5 nitrogen and oxygen atoms in total. The van der Waals surface area contributed by atoms with Crippen molar-refractivity contribution >= 4 is 28.6 Å². The molecular weight excluding hydrogens is 355 g/mol. The predicted molar refractivity (Wildman–Crippen MR) is 88.7 cm³/mol. The van der Waals surface area contributed by atoms with E-state index in [1.807, 2.05) is 5.32 Å². The standard InChI is InChI=1S/C16H16F3N3O2S/c1-9(13(23)20-8-16(17,18)19)25-15-21-12-5-3-2-4-11(12)14(24)22(15)10-6-7-10/h2-5,9-10H,6-8H2,1H3,(H,20,23). The quantitative estimate of drug-likeness (QED) is 0.648. The van der Waals surface area contributed by atoms with Crippen LogP contribution in [0.2, 0.25) is 0 Å². The van der Waals surface area contributed by atoms with Gasteiger partial charge in [0.2, 0.25) is 5.91 Å². The van der Waals surface area contributed by atoms with Crippen molar-refractivity contribution in [3.8, 4) is 0 Å². The van der Waals surface area contributed by atoms with Gasteiger partial charge in [0, 0.05) is 6.04 Å². The van der Waals surface area contributed by atoms with E-state index in [-0.39, 0.29) is 11.6 Å². The van der Waals surface area contributed by atoms with Crippen LogP contribution < -0.4 is 10.9 Å². The minimum Gasteiger partial charge on any atom is -0.346 e. The molecule has 1 N–H and O–H groups in total. The second kappa shape index (κ2) is 6.70. The van der Waals surface area contributed by atoms with Gasteiger partial charge in [-0.25, -0.2) is 4.98 Å². The Bertz CT molecular complexity index is 862. The van der Waals surface area contributed by atoms with Crippen molar-refractivity contribution in [2.75, 3.05) is 6.54 Å². The van der Waals surface area contributed by atoms with Gasteiger partial charge in [-0.1, -0.05) is 23.9 Å². The van der Waals surface area contributed by atoms with Crippen LogP contribution in [0.5, 0.6) is 0 Å². The first kappa shape index (κ1) is 17.8. The fraction of sp³-hybridized carbons (Fsp3) is 0.438. The summed E-state index contributed by atoms with van der Waals surface area (Å²) in [4.78, 5) is 29.0. The van der Waals surface area contributed by atoms with Crippen molar-refractivity contribution in [2.45, 2.75) is 42.4 Å². The molecule has 1 unspecified atom stereocenters. The molecule has 0 spiro atoms. The molecule has 134 valence electrons. The molecule has 1 saturated carbocycles. The number of para-hydroxylation sites is 1. The molecule has 0 saturated heterocycles. The summed E-state index contributed by atoms with van der Waals surface area (Å²) < 4.78 is 38.3. The number of hydrogen-bond acceptors (Lipinski definition) is 4. The smallest absolute Gasteiger partial charge is 0.346 e. The van der Waals surface area contributed by atoms with E-state index in [0.717, 1.165) is 24.6 Å². The third-order valence-electron chi connectivity index (χ3n) is 3.80. The molecule has 1 amide bonds. The van der Waals surface area contributed by atoms with E-state index in [0.29, 0.717) is 16.1 Å². The van der Waals surface area contributed by atoms with Crippen LogP contribution in [-0.2, 0) is 4.79 Å². The molecule has 1 fully saturated rings. The zero-order valence-electron chi connectivity index (χ0n) is 13.3. The highest BCUT2D eigenvalue weighted by Crippen LogP contribution is 2.37. The third-order valence-corrected chi connectivity index (χ3v) is 4.87. The van der Waals surface area contributed by atoms with E-state index < -0.39 is 23.9 Å². The van der Waals surface area contributed by atoms with Crippen molar-refractivity contribution in [1.82, 2.24) is 14.9 Å². The first-order chi connectivity index (χ1) is 11.8. The number of nitrogens with zero attached hydrogens (tertiary/aromatic N) is 2. The van der Waals surface area contributed by atoms with Gasteiger partial charge >= 0.3 is 6.18 Å². The van der Waals surface area contributed by atoms with E-state index in [1.165, 1.54) is 6.92 Å². The van der Waals surface area contributed by atoms with Gasteiger partial charge < -0.3 is 5.32 Å². The highest BCUT2D eigenvalue weighted by Gasteiger charge is 2.31. The topological polar surface area (TPSA) is 64.0 Å². The van der Waals surface area contributed by atoms with Crippen LogP contribution in [0.3, 0.4) is 0 Å². The van der Waals surface area contributed by atoms with Gasteiger partial charge in [0.05, 0.1) is 16.2 Å². The molecular formula is C16H16F3N3O2S. The van der Waals surface area contributed by atoms with Gasteiger partial charge in [0.25, 0.3) is 5.56 Å². The lowest BCUT2D eigenvalue weighted by Gasteiger charge is -2.16. The zero-order valence-corrected chi connectivity index (χ0v) is 14.2. The van der Waals surface area contributed by atoms with Gasteiger partial charge in [-0.2, -0.15) is 13.2 Å². The summed E-state index contributed by atoms with van der Waals surface area (Å²) in [6, 6.07) is 6.94. The number of nitrogens with one attached hydrogen (secondary N) is 1. The predicted octanol–water partition coefficient (Wildman–Crippen LogP) is 2.89. The normalized spacial score (nSPS) is 16.0. The lowest BCUT2D eigenvalue weighted by atomic mass is 10.2. The lowest BCUT2D eigenvalue weighted by Crippen LogP contribution is -2.38. The van der Waals surface area contributed by atoms with Gasteiger partial charge in [0.15, 0.2) is 5.16 Å². The summed E-state index contributed by atoms with van der Waals surface area (Å²) >= 11 is 0.999. The van der Waals surface area contributed by atoms with E-state index >= 15 is 0 Å². The molecule has 2 aromatic rings. The molecule has 9 heteroatoms. The van der Waals surface area contributed by atoms with Crippen molar-refractivity contribution in [2.24, 2.45) is 0 Å². The third kappa shape index (κ3) is 4.15. The van der Waals surface area contributed by atoms with Crippen LogP contribution in [0.1, 0.15) is 25.8 Å². The number of halogens is 3. The van der Waals surface area contributed by atoms with Crippen LogP contribution in [-0.4, -0.2) is 33.4 Å². The van der Waals surface area contributed by atoms with Gasteiger partial charge in [-0.15, -0.1) is 0 Å². The second-order valence-corrected chi connectivity index (χ2v) is 7.22. The maximum atomic E-state index is 12.7. The van der Waals surface area contributed by atoms with Crippen LogP contribution >= 0.6 is 11.8 Å². The average molecular weight is 371 g/mol. The molecule has 1 heterocycles. The van der Waals surface area contributed by atoms with Crippen molar-refractivity contribution in [1.29, 1.82) is 0 Å². The molecule has 1 aromatic carbocycles. The molecule has 0 radical (unpaired) electrons. The van der Waals surface area contributed by atoms with E-state index in [2.05, 4.69) is 4.98 Å². The van der Waals surface area contributed by atoms with Gasteiger partial charge in [-0.3, -0.25) is 14.2 Å². The van der Waals surface area contributed by atoms with Crippen LogP contribution in [0.4, 0.5) is 13.2 Å². The number of rotatable bonds is 5. The lowest BCUT2D eigenvalue weighted by molar-refractivity contribution is -0.137. The zero-order chi connectivity index (χ0) is 18.2. The van der Waals surface area contributed by atoms with Crippen LogP contribution in [0.25, 0.3) is 10.9 Å². The number of carbonyl (C=O) groups is 1. The molecule has 0 aliphatic heterocycles. The SMILES string of the molecule is CC(Sc1nc2ccccc2c(=O)n1C1CC1)C(=O)NCC(F)(F)F. The van der Waals surface area contributed by atoms with Crippen molar-refractivity contribution in [3.05, 3.63) is 34.6 Å². The molecule has 1 aliphatic rings. The fourth-order valence-corrected chi connectivity index (χ4v) is 3.41. The second-order valence-electron chi connectivity index (χ2n) is 5.91. The first-order valence-electron chi connectivity index (χ1n) is 7.78. The van der Waals surface area contributed by atoms with Crippen molar-refractivity contribution < 1.29 is 18.0 Å². The highest BCUT2D eigenvalue weighted by atomic mass is 32.2. The van der Waals surface area contributed by atoms with Gasteiger partial charge in [0.1, 0.15) is 6.54 Å². The summed E-state index contributed by atoms with van der Waals surface area (Å²) in [5, 5.41) is 1.91. The number of hydrogen-bond donors (Lipinski definition) is 1. The van der Waals surface area contributed by atoms with Crippen LogP contribution in [0.15, 0.2) is 34.2 Å². The molecule has 3 rings (SSSR count). The number of alkyl halides is 3. The Labute approximate surface area is 145 Å². The van der Waals surface area contributed by atoms with Crippen molar-refractivity contribution in [3.63, 3.8) is 0 Å². The summed E-state index contributed by atoms with van der Waals surface area (Å²) in [5.41, 5.74) is 0.327. The number of aromatic nitrogens is 2. The maximum absolute atomic E-state index is 12.7. The van der Waals surface area contributed by atoms with E-state index in [1.54, 1.807) is 28.8 Å². The summed E-state index contributed by atoms with van der Waals surface area (Å²) in [5.74, 6) is -0.743. The minimum atomic E-state index is -4.46. The molecule has 1 aliphatic carbocycles. The van der Waals surface area contributed by atoms with E-state index in [9.17, 15) is 22.8 Å². The number of amides is 1. The molecule has 1 aromatic heterocycles. The number of carbonyl (C=O) groups excluding carboxylic acids is 1. The van der Waals surface area contributed by atoms with E-state index in [4.69, 9.17) is 0 Å². The Kier molecular flexibility index (Phi) is 4.77. The Balaban J connectivity index is 1.86. The molecule has 1 atom stereocenters. The largest absolute Gasteiger partial charge is 0.405 e. The van der Waals surface area contributed by atoms with Gasteiger partial charge in [-0.05, 0) is 31.9 Å². The summed E-state index contributed by atoms with van der Waals surface area (Å²) in [7, 11) is 0.